The molecule has 0 unspecified atom stereocenters. The average Bonchev–Trinajstić information content (AvgIpc) is 2.53. The summed E-state index contributed by atoms with van der Waals surface area (Å²) in [6.07, 6.45) is 0.994. The van der Waals surface area contributed by atoms with Gasteiger partial charge in [-0.2, -0.15) is 0 Å². The Morgan fingerprint density at radius 1 is 1.20 bits per heavy atom. The number of hydrogen-bond donors (Lipinski definition) is 2. The number of hydrogen-bond acceptors (Lipinski definition) is 6. The maximum atomic E-state index is 12.4. The van der Waals surface area contributed by atoms with Gasteiger partial charge in [0, 0.05) is 23.4 Å². The average molecular weight is 365 g/mol. The highest BCUT2D eigenvalue weighted by Gasteiger charge is 2.15. The summed E-state index contributed by atoms with van der Waals surface area (Å²) in [5.74, 6) is -0.319. The second kappa shape index (κ2) is 7.18. The van der Waals surface area contributed by atoms with Crippen LogP contribution < -0.4 is 14.8 Å². The van der Waals surface area contributed by atoms with Gasteiger partial charge in [0.15, 0.2) is 0 Å². The highest BCUT2D eigenvalue weighted by atomic mass is 32.2. The molecule has 2 aromatic rings. The van der Waals surface area contributed by atoms with Crippen molar-refractivity contribution in [2.45, 2.75) is 0 Å². The van der Waals surface area contributed by atoms with Gasteiger partial charge in [-0.05, 0) is 24.3 Å². The van der Waals surface area contributed by atoms with E-state index < -0.39 is 20.9 Å². The Morgan fingerprint density at radius 2 is 1.92 bits per heavy atom. The summed E-state index contributed by atoms with van der Waals surface area (Å²) in [6, 6.07) is 9.63. The van der Waals surface area contributed by atoms with E-state index >= 15 is 0 Å². The summed E-state index contributed by atoms with van der Waals surface area (Å²) in [5.41, 5.74) is 0.315. The summed E-state index contributed by atoms with van der Waals surface area (Å²) in [4.78, 5) is 22.6. The van der Waals surface area contributed by atoms with Crippen molar-refractivity contribution in [2.24, 2.45) is 0 Å². The Balaban J connectivity index is 2.29. The molecule has 0 radical (unpaired) electrons. The van der Waals surface area contributed by atoms with Crippen molar-refractivity contribution in [2.75, 3.05) is 23.4 Å². The lowest BCUT2D eigenvalue weighted by Gasteiger charge is -2.11. The van der Waals surface area contributed by atoms with E-state index in [1.165, 1.54) is 49.6 Å². The lowest BCUT2D eigenvalue weighted by Crippen LogP contribution is -2.14. The van der Waals surface area contributed by atoms with Gasteiger partial charge in [0.25, 0.3) is 11.6 Å². The molecular formula is C15H15N3O6S. The first-order chi connectivity index (χ1) is 11.7. The summed E-state index contributed by atoms with van der Waals surface area (Å²) < 4.78 is 29.9. The first-order valence-electron chi connectivity index (χ1n) is 6.91. The topological polar surface area (TPSA) is 128 Å². The third kappa shape index (κ3) is 4.91. The minimum Gasteiger partial charge on any atom is -0.495 e. The second-order valence-electron chi connectivity index (χ2n) is 5.05. The number of nitro benzene ring substituents is 1. The normalized spacial score (nSPS) is 10.8. The Kier molecular flexibility index (Phi) is 5.22. The van der Waals surface area contributed by atoms with E-state index in [0.717, 1.165) is 6.26 Å². The number of benzene rings is 2. The van der Waals surface area contributed by atoms with Crippen LogP contribution in [-0.4, -0.2) is 32.6 Å². The number of non-ortho nitro benzene ring substituents is 1. The predicted molar refractivity (Wildman–Crippen MR) is 92.5 cm³/mol. The molecule has 0 aromatic heterocycles. The Hall–Kier alpha value is -3.14. The van der Waals surface area contributed by atoms with Crippen LogP contribution in [0.4, 0.5) is 17.1 Å². The van der Waals surface area contributed by atoms with E-state index in [4.69, 9.17) is 4.74 Å². The zero-order valence-electron chi connectivity index (χ0n) is 13.3. The third-order valence-electron chi connectivity index (χ3n) is 3.07. The van der Waals surface area contributed by atoms with Gasteiger partial charge >= 0.3 is 0 Å². The minimum atomic E-state index is -3.48. The van der Waals surface area contributed by atoms with Crippen LogP contribution >= 0.6 is 0 Å². The van der Waals surface area contributed by atoms with E-state index in [9.17, 15) is 23.3 Å². The molecule has 0 saturated heterocycles. The molecule has 0 aliphatic carbocycles. The van der Waals surface area contributed by atoms with Crippen molar-refractivity contribution in [3.05, 3.63) is 58.1 Å². The third-order valence-corrected chi connectivity index (χ3v) is 3.68. The molecule has 10 heteroatoms. The predicted octanol–water partition coefficient (Wildman–Crippen LogP) is 2.23. The molecule has 0 spiro atoms. The lowest BCUT2D eigenvalue weighted by molar-refractivity contribution is -0.384. The number of anilines is 2. The molecule has 0 aliphatic heterocycles. The molecule has 9 nitrogen and oxygen atoms in total. The molecule has 2 N–H and O–H groups in total. The van der Waals surface area contributed by atoms with Crippen LogP contribution in [-0.2, 0) is 10.0 Å². The molecule has 0 atom stereocenters. The number of nitro groups is 1. The molecule has 2 aromatic carbocycles. The number of sulfonamides is 1. The first-order valence-corrected chi connectivity index (χ1v) is 8.80. The highest BCUT2D eigenvalue weighted by molar-refractivity contribution is 7.92. The highest BCUT2D eigenvalue weighted by Crippen LogP contribution is 2.29. The smallest absolute Gasteiger partial charge is 0.271 e. The molecule has 0 saturated carbocycles. The van der Waals surface area contributed by atoms with Crippen LogP contribution in [0.5, 0.6) is 5.75 Å². The summed E-state index contributed by atoms with van der Waals surface area (Å²) in [6.45, 7) is 0. The number of ether oxygens (including phenoxy) is 1. The Labute approximate surface area is 143 Å². The molecule has 0 fully saturated rings. The van der Waals surface area contributed by atoms with Gasteiger partial charge < -0.3 is 10.1 Å². The van der Waals surface area contributed by atoms with Gasteiger partial charge in [0.05, 0.1) is 24.0 Å². The molecule has 0 heterocycles. The van der Waals surface area contributed by atoms with Crippen LogP contribution in [0.2, 0.25) is 0 Å². The standard InChI is InChI=1S/C15H15N3O6S/c1-24-14-7-6-12(18(20)21)9-13(14)16-15(19)10-4-3-5-11(8-10)17-25(2,22)23/h3-9,17H,1-2H3,(H,16,19). The van der Waals surface area contributed by atoms with Crippen molar-refractivity contribution >= 4 is 33.0 Å². The fraction of sp³-hybridized carbons (Fsp3) is 0.133. The van der Waals surface area contributed by atoms with Gasteiger partial charge in [-0.3, -0.25) is 19.6 Å². The summed E-state index contributed by atoms with van der Waals surface area (Å²) in [7, 11) is -2.11. The number of carbonyl (C=O) groups is 1. The Bertz CT molecular complexity index is 927. The molecule has 132 valence electrons. The van der Waals surface area contributed by atoms with Gasteiger partial charge in [-0.15, -0.1) is 0 Å². The van der Waals surface area contributed by atoms with Gasteiger partial charge in [0.1, 0.15) is 5.75 Å². The van der Waals surface area contributed by atoms with E-state index in [0.29, 0.717) is 0 Å². The van der Waals surface area contributed by atoms with Crippen LogP contribution in [0.25, 0.3) is 0 Å². The van der Waals surface area contributed by atoms with Crippen LogP contribution in [0.3, 0.4) is 0 Å². The molecule has 2 rings (SSSR count). The zero-order chi connectivity index (χ0) is 18.6. The van der Waals surface area contributed by atoms with Gasteiger partial charge in [0.2, 0.25) is 10.0 Å². The number of amides is 1. The van der Waals surface area contributed by atoms with Crippen molar-refractivity contribution in [1.29, 1.82) is 0 Å². The molecule has 25 heavy (non-hydrogen) atoms. The van der Waals surface area contributed by atoms with E-state index in [1.807, 2.05) is 0 Å². The van der Waals surface area contributed by atoms with E-state index in [2.05, 4.69) is 10.0 Å². The van der Waals surface area contributed by atoms with Gasteiger partial charge in [-0.1, -0.05) is 6.07 Å². The second-order valence-corrected chi connectivity index (χ2v) is 6.80. The van der Waals surface area contributed by atoms with Crippen molar-refractivity contribution < 1.29 is 22.9 Å². The summed E-state index contributed by atoms with van der Waals surface area (Å²) >= 11 is 0. The maximum absolute atomic E-state index is 12.4. The quantitative estimate of drug-likeness (QED) is 0.597. The van der Waals surface area contributed by atoms with Crippen LogP contribution in [0.15, 0.2) is 42.5 Å². The monoisotopic (exact) mass is 365 g/mol. The van der Waals surface area contributed by atoms with Crippen molar-refractivity contribution in [3.63, 3.8) is 0 Å². The van der Waals surface area contributed by atoms with Crippen molar-refractivity contribution in [3.8, 4) is 5.75 Å². The summed E-state index contributed by atoms with van der Waals surface area (Å²) in [5, 5.41) is 13.4. The number of carbonyl (C=O) groups excluding carboxylic acids is 1. The number of methoxy groups -OCH3 is 1. The Morgan fingerprint density at radius 3 is 2.52 bits per heavy atom. The van der Waals surface area contributed by atoms with E-state index in [-0.39, 0.29) is 28.4 Å². The molecular weight excluding hydrogens is 350 g/mol. The molecule has 0 bridgehead atoms. The van der Waals surface area contributed by atoms with Crippen LogP contribution in [0.1, 0.15) is 10.4 Å². The fourth-order valence-electron chi connectivity index (χ4n) is 2.04. The minimum absolute atomic E-state index is 0.128. The number of rotatable bonds is 6. The maximum Gasteiger partial charge on any atom is 0.271 e. The van der Waals surface area contributed by atoms with Gasteiger partial charge in [-0.25, -0.2) is 8.42 Å². The van der Waals surface area contributed by atoms with E-state index in [1.54, 1.807) is 0 Å². The number of nitrogens with zero attached hydrogens (tertiary/aromatic N) is 1. The van der Waals surface area contributed by atoms with Crippen LogP contribution in [0, 0.1) is 10.1 Å². The first kappa shape index (κ1) is 18.2. The SMILES string of the molecule is COc1ccc([N+](=O)[O-])cc1NC(=O)c1cccc(NS(C)(=O)=O)c1. The molecule has 1 amide bonds. The largest absolute Gasteiger partial charge is 0.495 e. The zero-order valence-corrected chi connectivity index (χ0v) is 14.2. The molecule has 0 aliphatic rings. The number of nitrogens with one attached hydrogen (secondary N) is 2. The van der Waals surface area contributed by atoms with Crippen molar-refractivity contribution in [1.82, 2.24) is 0 Å². The lowest BCUT2D eigenvalue weighted by atomic mass is 10.2. The fourth-order valence-corrected chi connectivity index (χ4v) is 2.59.